The normalized spacial score (nSPS) is 14.0. The first-order chi connectivity index (χ1) is 16.9. The lowest BCUT2D eigenvalue weighted by molar-refractivity contribution is 0.0955. The molecule has 0 aliphatic carbocycles. The van der Waals surface area contributed by atoms with Gasteiger partial charge in [0, 0.05) is 25.2 Å². The number of para-hydroxylation sites is 1. The number of amides is 2. The summed E-state index contributed by atoms with van der Waals surface area (Å²) in [6, 6.07) is 21.2. The number of hydrogen-bond acceptors (Lipinski definition) is 4. The van der Waals surface area contributed by atoms with Gasteiger partial charge in [-0.05, 0) is 61.6 Å². The Kier molecular flexibility index (Phi) is 7.63. The van der Waals surface area contributed by atoms with Gasteiger partial charge in [-0.2, -0.15) is 4.31 Å². The van der Waals surface area contributed by atoms with Crippen LogP contribution < -0.4 is 10.6 Å². The quantitative estimate of drug-likeness (QED) is 0.498. The highest BCUT2D eigenvalue weighted by Gasteiger charge is 2.28. The van der Waals surface area contributed by atoms with Crippen LogP contribution in [0.4, 0.5) is 5.69 Å². The van der Waals surface area contributed by atoms with E-state index >= 15 is 0 Å². The van der Waals surface area contributed by atoms with Crippen LogP contribution >= 0.6 is 0 Å². The van der Waals surface area contributed by atoms with Gasteiger partial charge < -0.3 is 10.6 Å². The Morgan fingerprint density at radius 1 is 0.857 bits per heavy atom. The van der Waals surface area contributed by atoms with E-state index in [2.05, 4.69) is 10.6 Å². The van der Waals surface area contributed by atoms with Crippen LogP contribution in [-0.4, -0.2) is 44.2 Å². The summed E-state index contributed by atoms with van der Waals surface area (Å²) < 4.78 is 27.4. The number of rotatable bonds is 8. The highest BCUT2D eigenvalue weighted by Crippen LogP contribution is 2.24. The Balaban J connectivity index is 1.49. The summed E-state index contributed by atoms with van der Waals surface area (Å²) in [4.78, 5) is 26.1. The van der Waals surface area contributed by atoms with Crippen molar-refractivity contribution in [3.63, 3.8) is 0 Å². The minimum Gasteiger partial charge on any atom is -0.352 e. The molecule has 2 N–H and O–H groups in total. The molecule has 0 bridgehead atoms. The Hall–Kier alpha value is -3.49. The summed E-state index contributed by atoms with van der Waals surface area (Å²) in [6.07, 6.45) is 2.36. The summed E-state index contributed by atoms with van der Waals surface area (Å²) in [5, 5.41) is 5.69. The zero-order valence-corrected chi connectivity index (χ0v) is 20.5. The fourth-order valence-corrected chi connectivity index (χ4v) is 5.67. The standard InChI is InChI=1S/C27H29N3O4S/c1-20-13-14-22(35(33,34)30-17-7-8-18-30)19-24(20)27(32)29-25-12-6-5-11-23(25)26(31)28-16-15-21-9-3-2-4-10-21/h2-6,9-14,19H,7-8,15-18H2,1H3,(H,28,31)(H,29,32). The molecule has 0 atom stereocenters. The summed E-state index contributed by atoms with van der Waals surface area (Å²) in [5.74, 6) is -0.760. The van der Waals surface area contributed by atoms with Crippen molar-refractivity contribution in [1.29, 1.82) is 0 Å². The van der Waals surface area contributed by atoms with E-state index in [4.69, 9.17) is 0 Å². The number of nitrogens with zero attached hydrogens (tertiary/aromatic N) is 1. The molecule has 0 aromatic heterocycles. The molecule has 3 aromatic rings. The molecule has 1 heterocycles. The first kappa shape index (κ1) is 24.6. The SMILES string of the molecule is Cc1ccc(S(=O)(=O)N2CCCC2)cc1C(=O)Nc1ccccc1C(=O)NCCc1ccccc1. The van der Waals surface area contributed by atoms with Crippen LogP contribution in [0.2, 0.25) is 0 Å². The van der Waals surface area contributed by atoms with Crippen molar-refractivity contribution in [1.82, 2.24) is 9.62 Å². The second-order valence-corrected chi connectivity index (χ2v) is 10.5. The molecule has 0 radical (unpaired) electrons. The molecule has 2 amide bonds. The van der Waals surface area contributed by atoms with Crippen LogP contribution in [0.3, 0.4) is 0 Å². The monoisotopic (exact) mass is 491 g/mol. The first-order valence-electron chi connectivity index (χ1n) is 11.7. The van der Waals surface area contributed by atoms with E-state index in [1.165, 1.54) is 16.4 Å². The largest absolute Gasteiger partial charge is 0.352 e. The number of carbonyl (C=O) groups is 2. The third-order valence-corrected chi connectivity index (χ3v) is 8.01. The van der Waals surface area contributed by atoms with Gasteiger partial charge in [0.15, 0.2) is 0 Å². The predicted octanol–water partition coefficient (Wildman–Crippen LogP) is 4.00. The van der Waals surface area contributed by atoms with E-state index in [1.807, 2.05) is 30.3 Å². The highest BCUT2D eigenvalue weighted by molar-refractivity contribution is 7.89. The average molecular weight is 492 g/mol. The Labute approximate surface area is 206 Å². The van der Waals surface area contributed by atoms with Crippen LogP contribution in [0.15, 0.2) is 77.7 Å². The van der Waals surface area contributed by atoms with Gasteiger partial charge in [0.05, 0.1) is 16.1 Å². The third kappa shape index (κ3) is 5.78. The summed E-state index contributed by atoms with van der Waals surface area (Å²) in [7, 11) is -3.65. The van der Waals surface area contributed by atoms with E-state index in [1.54, 1.807) is 37.3 Å². The molecule has 4 rings (SSSR count). The van der Waals surface area contributed by atoms with Crippen molar-refractivity contribution in [2.75, 3.05) is 25.0 Å². The number of anilines is 1. The molecule has 35 heavy (non-hydrogen) atoms. The topological polar surface area (TPSA) is 95.6 Å². The van der Waals surface area contributed by atoms with Gasteiger partial charge in [-0.15, -0.1) is 0 Å². The summed E-state index contributed by atoms with van der Waals surface area (Å²) >= 11 is 0. The molecular formula is C27H29N3O4S. The van der Waals surface area contributed by atoms with Crippen molar-refractivity contribution in [2.24, 2.45) is 0 Å². The molecule has 0 unspecified atom stereocenters. The maximum atomic E-state index is 13.2. The molecule has 0 saturated carbocycles. The Bertz CT molecular complexity index is 1320. The fourth-order valence-electron chi connectivity index (χ4n) is 4.12. The van der Waals surface area contributed by atoms with E-state index in [-0.39, 0.29) is 16.4 Å². The number of sulfonamides is 1. The van der Waals surface area contributed by atoms with Crippen molar-refractivity contribution in [3.05, 3.63) is 95.1 Å². The second-order valence-electron chi connectivity index (χ2n) is 8.58. The van der Waals surface area contributed by atoms with Crippen molar-refractivity contribution < 1.29 is 18.0 Å². The van der Waals surface area contributed by atoms with Crippen LogP contribution in [-0.2, 0) is 16.4 Å². The van der Waals surface area contributed by atoms with Crippen LogP contribution in [0.25, 0.3) is 0 Å². The number of nitrogens with one attached hydrogen (secondary N) is 2. The number of carbonyl (C=O) groups excluding carboxylic acids is 2. The molecule has 3 aromatic carbocycles. The van der Waals surface area contributed by atoms with Gasteiger partial charge in [0.2, 0.25) is 10.0 Å². The number of benzene rings is 3. The minimum absolute atomic E-state index is 0.0992. The highest BCUT2D eigenvalue weighted by atomic mass is 32.2. The van der Waals surface area contributed by atoms with Crippen molar-refractivity contribution in [2.45, 2.75) is 31.1 Å². The fraction of sp³-hybridized carbons (Fsp3) is 0.259. The van der Waals surface area contributed by atoms with Gasteiger partial charge in [0.1, 0.15) is 0 Å². The van der Waals surface area contributed by atoms with Gasteiger partial charge >= 0.3 is 0 Å². The van der Waals surface area contributed by atoms with Crippen LogP contribution in [0.5, 0.6) is 0 Å². The van der Waals surface area contributed by atoms with Gasteiger partial charge in [-0.1, -0.05) is 48.5 Å². The molecule has 0 spiro atoms. The van der Waals surface area contributed by atoms with E-state index in [9.17, 15) is 18.0 Å². The lowest BCUT2D eigenvalue weighted by atomic mass is 10.1. The Morgan fingerprint density at radius 3 is 2.29 bits per heavy atom. The minimum atomic E-state index is -3.65. The lowest BCUT2D eigenvalue weighted by Crippen LogP contribution is -2.28. The molecular weight excluding hydrogens is 462 g/mol. The maximum Gasteiger partial charge on any atom is 0.255 e. The number of aryl methyl sites for hydroxylation is 1. The first-order valence-corrected chi connectivity index (χ1v) is 13.1. The van der Waals surface area contributed by atoms with E-state index in [0.29, 0.717) is 42.9 Å². The molecule has 8 heteroatoms. The lowest BCUT2D eigenvalue weighted by Gasteiger charge is -2.17. The molecule has 1 aliphatic rings. The smallest absolute Gasteiger partial charge is 0.255 e. The molecule has 7 nitrogen and oxygen atoms in total. The van der Waals surface area contributed by atoms with E-state index < -0.39 is 15.9 Å². The van der Waals surface area contributed by atoms with Crippen LogP contribution in [0, 0.1) is 6.92 Å². The molecule has 1 aliphatic heterocycles. The van der Waals surface area contributed by atoms with Crippen molar-refractivity contribution >= 4 is 27.5 Å². The molecule has 182 valence electrons. The van der Waals surface area contributed by atoms with E-state index in [0.717, 1.165) is 18.4 Å². The zero-order valence-electron chi connectivity index (χ0n) is 19.7. The second kappa shape index (κ2) is 10.8. The van der Waals surface area contributed by atoms with Gasteiger partial charge in [0.25, 0.3) is 11.8 Å². The van der Waals surface area contributed by atoms with Gasteiger partial charge in [-0.3, -0.25) is 9.59 Å². The number of hydrogen-bond donors (Lipinski definition) is 2. The van der Waals surface area contributed by atoms with Gasteiger partial charge in [-0.25, -0.2) is 8.42 Å². The Morgan fingerprint density at radius 2 is 1.54 bits per heavy atom. The van der Waals surface area contributed by atoms with Crippen molar-refractivity contribution in [3.8, 4) is 0 Å². The van der Waals surface area contributed by atoms with Crippen LogP contribution in [0.1, 0.15) is 44.7 Å². The molecule has 1 saturated heterocycles. The predicted molar refractivity (Wildman–Crippen MR) is 136 cm³/mol. The summed E-state index contributed by atoms with van der Waals surface area (Å²) in [5.41, 5.74) is 2.72. The third-order valence-electron chi connectivity index (χ3n) is 6.12. The molecule has 1 fully saturated rings. The average Bonchev–Trinajstić information content (AvgIpc) is 3.41. The zero-order chi connectivity index (χ0) is 24.8. The maximum absolute atomic E-state index is 13.2. The summed E-state index contributed by atoms with van der Waals surface area (Å²) in [6.45, 7) is 3.19.